The molecule has 14 nitrogen and oxygen atoms in total. The maximum atomic E-state index is 14.6. The van der Waals surface area contributed by atoms with E-state index in [1.165, 1.54) is 17.6 Å². The largest absolute Gasteiger partial charge is 0.460 e. The van der Waals surface area contributed by atoms with Crippen LogP contribution in [-0.4, -0.2) is 133 Å². The predicted molar refractivity (Wildman–Crippen MR) is 284 cm³/mol. The summed E-state index contributed by atoms with van der Waals surface area (Å²) in [5.74, 6) is -7.80. The summed E-state index contributed by atoms with van der Waals surface area (Å²) in [4.78, 5) is 72.7. The predicted octanol–water partition coefficient (Wildman–Crippen LogP) is 8.84. The molecule has 4 aliphatic rings. The molecule has 2 bridgehead atoms. The van der Waals surface area contributed by atoms with Gasteiger partial charge in [-0.3, -0.25) is 19.2 Å². The van der Waals surface area contributed by atoms with Gasteiger partial charge in [-0.15, -0.1) is 0 Å². The number of allylic oxidation sites excluding steroid dienone is 6. The molecular weight excluding hydrogens is 943 g/mol. The zero-order valence-electron chi connectivity index (χ0n) is 46.1. The normalized spacial score (nSPS) is 35.8. The summed E-state index contributed by atoms with van der Waals surface area (Å²) in [6, 6.07) is 9.19. The van der Waals surface area contributed by atoms with Crippen molar-refractivity contribution in [2.45, 2.75) is 193 Å². The van der Waals surface area contributed by atoms with Crippen molar-refractivity contribution in [1.82, 2.24) is 4.90 Å². The van der Waals surface area contributed by atoms with Crippen molar-refractivity contribution in [3.05, 3.63) is 83.5 Å². The highest BCUT2D eigenvalue weighted by atomic mass is 16.6. The average Bonchev–Trinajstić information content (AvgIpc) is 3.39. The monoisotopic (exact) mass is 1030 g/mol. The number of aliphatic hydroxyl groups is 2. The maximum absolute atomic E-state index is 14.6. The van der Waals surface area contributed by atoms with Gasteiger partial charge in [0.25, 0.3) is 11.7 Å². The summed E-state index contributed by atoms with van der Waals surface area (Å²) >= 11 is 0. The van der Waals surface area contributed by atoms with Gasteiger partial charge < -0.3 is 43.5 Å². The van der Waals surface area contributed by atoms with E-state index in [4.69, 9.17) is 28.4 Å². The summed E-state index contributed by atoms with van der Waals surface area (Å²) in [7, 11) is 4.68. The zero-order chi connectivity index (χ0) is 54.1. The van der Waals surface area contributed by atoms with E-state index in [0.717, 1.165) is 37.7 Å². The van der Waals surface area contributed by atoms with Crippen LogP contribution in [-0.2, 0) is 58.8 Å². The van der Waals surface area contributed by atoms with Crippen molar-refractivity contribution < 1.29 is 62.6 Å². The minimum atomic E-state index is -2.43. The highest BCUT2D eigenvalue weighted by Gasteiger charge is 2.53. The highest BCUT2D eigenvalue weighted by molar-refractivity contribution is 6.39. The van der Waals surface area contributed by atoms with E-state index in [2.05, 4.69) is 12.1 Å². The number of methoxy groups -OCH3 is 3. The van der Waals surface area contributed by atoms with Crippen molar-refractivity contribution in [3.8, 4) is 0 Å². The van der Waals surface area contributed by atoms with Crippen LogP contribution in [0.2, 0.25) is 0 Å². The van der Waals surface area contributed by atoms with Gasteiger partial charge in [0.1, 0.15) is 30.1 Å². The molecular formula is C60H89NO13. The summed E-state index contributed by atoms with van der Waals surface area (Å²) in [5.41, 5.74) is 2.55. The molecule has 0 spiro atoms. The zero-order valence-corrected chi connectivity index (χ0v) is 46.1. The van der Waals surface area contributed by atoms with Gasteiger partial charge in [-0.05, 0) is 125 Å². The first kappa shape index (κ1) is 60.7. The first-order valence-corrected chi connectivity index (χ1v) is 27.5. The second-order valence-electron chi connectivity index (χ2n) is 22.0. The lowest BCUT2D eigenvalue weighted by molar-refractivity contribution is -0.265. The molecule has 0 radical (unpaired) electrons. The lowest BCUT2D eigenvalue weighted by Gasteiger charge is -2.42. The van der Waals surface area contributed by atoms with E-state index < -0.39 is 77.8 Å². The Hall–Kier alpha value is -4.15. The van der Waals surface area contributed by atoms with Gasteiger partial charge in [-0.1, -0.05) is 101 Å². The number of Topliss-reactive ketones (excluding diaryl/α,β-unsaturated/α-hetero) is 3. The van der Waals surface area contributed by atoms with Crippen LogP contribution in [0.3, 0.4) is 0 Å². The van der Waals surface area contributed by atoms with Crippen molar-refractivity contribution in [2.24, 2.45) is 35.5 Å². The van der Waals surface area contributed by atoms with Gasteiger partial charge in [0.2, 0.25) is 5.79 Å². The summed E-state index contributed by atoms with van der Waals surface area (Å²) in [6.07, 6.45) is 14.4. The number of benzene rings is 1. The number of hydrogen-bond donors (Lipinski definition) is 2. The minimum absolute atomic E-state index is 0.0190. The number of esters is 1. The topological polar surface area (TPSA) is 184 Å². The minimum Gasteiger partial charge on any atom is -0.460 e. The summed E-state index contributed by atoms with van der Waals surface area (Å²) in [5, 5.41) is 23.6. The van der Waals surface area contributed by atoms with E-state index in [0.29, 0.717) is 57.1 Å². The summed E-state index contributed by atoms with van der Waals surface area (Å²) in [6.45, 7) is 13.5. The van der Waals surface area contributed by atoms with E-state index in [1.807, 2.05) is 76.3 Å². The molecule has 1 amide bonds. The number of ketones is 3. The molecule has 2 N–H and O–H groups in total. The highest BCUT2D eigenvalue weighted by Crippen LogP contribution is 2.38. The number of piperidine rings is 1. The number of carbonyl (C=O) groups is 5. The van der Waals surface area contributed by atoms with Gasteiger partial charge in [-0.2, -0.15) is 0 Å². The molecule has 3 heterocycles. The molecule has 3 aliphatic heterocycles. The van der Waals surface area contributed by atoms with Gasteiger partial charge in [0, 0.05) is 65.1 Å². The first-order chi connectivity index (χ1) is 35.3. The van der Waals surface area contributed by atoms with Crippen molar-refractivity contribution in [2.75, 3.05) is 34.5 Å². The van der Waals surface area contributed by atoms with Crippen molar-refractivity contribution in [3.63, 3.8) is 0 Å². The third kappa shape index (κ3) is 16.7. The maximum Gasteiger partial charge on any atom is 0.329 e. The molecule has 1 saturated carbocycles. The van der Waals surface area contributed by atoms with Crippen LogP contribution in [0.4, 0.5) is 0 Å². The number of carbonyl (C=O) groups excluding carboxylic acids is 5. The number of hydrogen-bond acceptors (Lipinski definition) is 13. The van der Waals surface area contributed by atoms with Crippen LogP contribution >= 0.6 is 0 Å². The quantitative estimate of drug-likeness (QED) is 0.0929. The second kappa shape index (κ2) is 29.4. The van der Waals surface area contributed by atoms with Crippen LogP contribution in [0.15, 0.2) is 77.9 Å². The SMILES string of the molecule is CO[C@H]1CC2CC[C@@H](C)[C@@](O)(O2)C(=O)C(=O)N2CCCC[C@H]2C(=O)OC([C@H](C)C[C@@H]2CC[C@@H](OCCCc3ccccc3)[C@H](OC)C2)CC(=O)[C@H](C)/C=C(\C)[C@@H](O)[C@@H](OC)C(=O)[C@H](C)C[C@H](C)/C=C/C=CC=C1C. The number of rotatable bonds is 11. The first-order valence-electron chi connectivity index (χ1n) is 27.5. The molecule has 74 heavy (non-hydrogen) atoms. The molecule has 1 aromatic rings. The molecule has 0 aromatic heterocycles. The lowest BCUT2D eigenvalue weighted by atomic mass is 9.78. The van der Waals surface area contributed by atoms with E-state index in [9.17, 15) is 34.2 Å². The standard InChI is InChI=1S/C60H89NO13/c1-38-20-13-11-14-21-39(2)51(69-8)36-47-28-26-44(7)60(68,74-47)57(65)58(66)61-30-18-17-25-48(61)59(67)73-52(37-49(62)40(3)33-43(6)55(64)56(71-10)54(63)42(5)32-38)41(4)34-46-27-29-50(53(35-46)70-9)72-31-19-24-45-22-15-12-16-23-45/h11-16,20-23,33,38,40-42,44,46-48,50-53,55-56,64,68H,17-19,24-32,34-37H2,1-10H3/b14-11?,20-13+,39-21?,43-33+/t38-,40-,41-,42-,44-,46+,47?,48+,50-,51+,52?,53-,55-,56+,60-/m1/s1. The third-order valence-corrected chi connectivity index (χ3v) is 16.2. The van der Waals surface area contributed by atoms with Gasteiger partial charge >= 0.3 is 5.97 Å². The molecule has 2 saturated heterocycles. The van der Waals surface area contributed by atoms with Crippen LogP contribution in [0.25, 0.3) is 0 Å². The number of nitrogens with zero attached hydrogens (tertiary/aromatic N) is 1. The molecule has 412 valence electrons. The Morgan fingerprint density at radius 2 is 1.57 bits per heavy atom. The molecule has 14 heteroatoms. The summed E-state index contributed by atoms with van der Waals surface area (Å²) < 4.78 is 36.4. The molecule has 1 aliphatic carbocycles. The van der Waals surface area contributed by atoms with Crippen LogP contribution in [0.1, 0.15) is 138 Å². The number of cyclic esters (lactones) is 1. The fourth-order valence-electron chi connectivity index (χ4n) is 11.4. The number of fused-ring (bicyclic) bond motifs is 3. The van der Waals surface area contributed by atoms with Gasteiger partial charge in [0.05, 0.1) is 24.4 Å². The van der Waals surface area contributed by atoms with Crippen molar-refractivity contribution in [1.29, 1.82) is 0 Å². The van der Waals surface area contributed by atoms with Gasteiger partial charge in [-0.25, -0.2) is 4.79 Å². The Kier molecular flexibility index (Phi) is 24.1. The van der Waals surface area contributed by atoms with Gasteiger partial charge in [0.15, 0.2) is 5.78 Å². The molecule has 15 atom stereocenters. The molecule has 1 aromatic carbocycles. The van der Waals surface area contributed by atoms with Crippen LogP contribution in [0, 0.1) is 35.5 Å². The smallest absolute Gasteiger partial charge is 0.329 e. The molecule has 2 unspecified atom stereocenters. The molecule has 3 fully saturated rings. The fourth-order valence-corrected chi connectivity index (χ4v) is 11.4. The number of aliphatic hydroxyl groups excluding tert-OH is 1. The lowest BCUT2D eigenvalue weighted by Crippen LogP contribution is -2.61. The van der Waals surface area contributed by atoms with E-state index in [-0.39, 0.29) is 60.9 Å². The van der Waals surface area contributed by atoms with Crippen molar-refractivity contribution >= 4 is 29.2 Å². The number of ether oxygens (including phenoxy) is 6. The number of aryl methyl sites for hydroxylation is 1. The third-order valence-electron chi connectivity index (χ3n) is 16.2. The number of amides is 1. The van der Waals surface area contributed by atoms with E-state index in [1.54, 1.807) is 41.1 Å². The Morgan fingerprint density at radius 1 is 0.824 bits per heavy atom. The Bertz CT molecular complexity index is 2120. The van der Waals surface area contributed by atoms with Crippen LogP contribution in [0.5, 0.6) is 0 Å². The Morgan fingerprint density at radius 3 is 2.27 bits per heavy atom. The van der Waals surface area contributed by atoms with Crippen LogP contribution < -0.4 is 0 Å². The average molecular weight is 1030 g/mol. The Balaban J connectivity index is 1.41. The second-order valence-corrected chi connectivity index (χ2v) is 22.0. The Labute approximate surface area is 441 Å². The van der Waals surface area contributed by atoms with E-state index >= 15 is 0 Å². The fraction of sp³-hybridized carbons (Fsp3) is 0.683. The molecule has 5 rings (SSSR count).